The first-order valence-electron chi connectivity index (χ1n) is 10.5. The Morgan fingerprint density at radius 3 is 2.67 bits per heavy atom. The number of rotatable bonds is 7. The quantitative estimate of drug-likeness (QED) is 0.272. The van der Waals surface area contributed by atoms with Crippen molar-refractivity contribution >= 4 is 39.1 Å². The fourth-order valence-corrected chi connectivity index (χ4v) is 5.69. The molecule has 0 saturated carbocycles. The number of allylic oxidation sites excluding steroid dienone is 1. The molecule has 0 saturated heterocycles. The van der Waals surface area contributed by atoms with Crippen molar-refractivity contribution in [2.45, 2.75) is 42.1 Å². The molecule has 2 unspecified atom stereocenters. The summed E-state index contributed by atoms with van der Waals surface area (Å²) >= 11 is 6.09. The molecule has 1 aliphatic carbocycles. The van der Waals surface area contributed by atoms with E-state index < -0.39 is 56.6 Å². The van der Waals surface area contributed by atoms with Crippen molar-refractivity contribution in [3.63, 3.8) is 0 Å². The Labute approximate surface area is 209 Å². The minimum atomic E-state index is -5.14. The number of carbonyl (C=O) groups excluding carboxylic acids is 2. The molecule has 2 amide bonds. The standard InChI is InChI=1S/C21H22ClF3N4O6S/c1-11(18-26-8-9-29(18)2)36(33,34)17-13(22)6-7-15(16(17)30)28-20(32)27-14-5-3-4-12(14)10-35-19(31)21(23,24)25/h4,6-9,11,14,30H,3,5,10H2,1-2H3,(H2,27,28,32). The summed E-state index contributed by atoms with van der Waals surface area (Å²) in [5.74, 6) is -2.94. The van der Waals surface area contributed by atoms with Gasteiger partial charge in [0.2, 0.25) is 0 Å². The van der Waals surface area contributed by atoms with Crippen molar-refractivity contribution < 1.29 is 41.0 Å². The van der Waals surface area contributed by atoms with Crippen LogP contribution in [0.15, 0.2) is 41.1 Å². The average molecular weight is 551 g/mol. The summed E-state index contributed by atoms with van der Waals surface area (Å²) in [4.78, 5) is 26.9. The second-order valence-corrected chi connectivity index (χ2v) is 10.6. The van der Waals surface area contributed by atoms with Crippen molar-refractivity contribution in [3.05, 3.63) is 47.0 Å². The Morgan fingerprint density at radius 2 is 2.06 bits per heavy atom. The summed E-state index contributed by atoms with van der Waals surface area (Å²) in [5.41, 5.74) is -0.00946. The molecule has 10 nitrogen and oxygen atoms in total. The van der Waals surface area contributed by atoms with E-state index in [0.717, 1.165) is 0 Å². The maximum Gasteiger partial charge on any atom is 0.490 e. The van der Waals surface area contributed by atoms with E-state index in [0.29, 0.717) is 12.8 Å². The number of aromatic hydroxyl groups is 1. The van der Waals surface area contributed by atoms with Gasteiger partial charge in [0.05, 0.1) is 16.8 Å². The first-order valence-corrected chi connectivity index (χ1v) is 12.4. The number of urea groups is 1. The van der Waals surface area contributed by atoms with Gasteiger partial charge in [0.1, 0.15) is 22.6 Å². The third-order valence-electron chi connectivity index (χ3n) is 5.52. The van der Waals surface area contributed by atoms with E-state index >= 15 is 0 Å². The number of phenolic OH excluding ortho intramolecular Hbond substituents is 1. The van der Waals surface area contributed by atoms with Crippen LogP contribution in [0.25, 0.3) is 0 Å². The van der Waals surface area contributed by atoms with Gasteiger partial charge in [-0.3, -0.25) is 0 Å². The van der Waals surface area contributed by atoms with Crippen LogP contribution >= 0.6 is 11.6 Å². The second-order valence-electron chi connectivity index (χ2n) is 7.94. The molecule has 1 heterocycles. The summed E-state index contributed by atoms with van der Waals surface area (Å²) < 4.78 is 69.2. The molecule has 0 fully saturated rings. The zero-order chi connectivity index (χ0) is 26.8. The number of carbonyl (C=O) groups is 2. The van der Waals surface area contributed by atoms with Gasteiger partial charge in [-0.2, -0.15) is 13.2 Å². The Balaban J connectivity index is 1.74. The van der Waals surface area contributed by atoms with E-state index in [9.17, 15) is 36.3 Å². The lowest BCUT2D eigenvalue weighted by molar-refractivity contribution is -0.198. The van der Waals surface area contributed by atoms with Gasteiger partial charge in [0.25, 0.3) is 0 Å². The maximum absolute atomic E-state index is 13.2. The molecule has 2 aromatic rings. The second kappa shape index (κ2) is 10.4. The number of hydrogen-bond acceptors (Lipinski definition) is 7. The molecule has 36 heavy (non-hydrogen) atoms. The zero-order valence-corrected chi connectivity index (χ0v) is 20.5. The number of hydrogen-bond donors (Lipinski definition) is 3. The monoisotopic (exact) mass is 550 g/mol. The lowest BCUT2D eigenvalue weighted by Crippen LogP contribution is -2.39. The SMILES string of the molecule is CC(c1nccn1C)S(=O)(=O)c1c(Cl)ccc(NC(=O)NC2CCC=C2COC(=O)C(F)(F)F)c1O. The number of phenols is 1. The molecular formula is C21H22ClF3N4O6S. The lowest BCUT2D eigenvalue weighted by atomic mass is 10.1. The largest absolute Gasteiger partial charge is 0.504 e. The Hall–Kier alpha value is -3.26. The van der Waals surface area contributed by atoms with Crippen molar-refractivity contribution in [1.82, 2.24) is 14.9 Å². The smallest absolute Gasteiger partial charge is 0.490 e. The number of nitrogens with zero attached hydrogens (tertiary/aromatic N) is 2. The number of anilines is 1. The molecule has 1 aromatic carbocycles. The number of esters is 1. The Morgan fingerprint density at radius 1 is 1.36 bits per heavy atom. The third kappa shape index (κ3) is 5.75. The van der Waals surface area contributed by atoms with E-state index in [1.54, 1.807) is 13.2 Å². The first kappa shape index (κ1) is 27.3. The van der Waals surface area contributed by atoms with Crippen LogP contribution in [-0.2, 0) is 26.4 Å². The van der Waals surface area contributed by atoms with Crippen LogP contribution in [0.5, 0.6) is 5.75 Å². The molecule has 196 valence electrons. The maximum atomic E-state index is 13.2. The fraction of sp³-hybridized carbons (Fsp3) is 0.381. The molecular weight excluding hydrogens is 529 g/mol. The molecule has 0 spiro atoms. The van der Waals surface area contributed by atoms with Crippen LogP contribution in [0.1, 0.15) is 30.8 Å². The minimum Gasteiger partial charge on any atom is -0.504 e. The fourth-order valence-electron chi connectivity index (χ4n) is 3.64. The van der Waals surface area contributed by atoms with Gasteiger partial charge in [-0.1, -0.05) is 17.7 Å². The van der Waals surface area contributed by atoms with Gasteiger partial charge in [-0.15, -0.1) is 0 Å². The number of sulfone groups is 1. The number of amides is 2. The number of imidazole rings is 1. The molecule has 0 radical (unpaired) electrons. The van der Waals surface area contributed by atoms with Gasteiger partial charge < -0.3 is 25.0 Å². The molecule has 3 rings (SSSR count). The van der Waals surface area contributed by atoms with Crippen molar-refractivity contribution in [3.8, 4) is 5.75 Å². The molecule has 2 atom stereocenters. The third-order valence-corrected chi connectivity index (χ3v) is 8.07. The molecule has 0 bridgehead atoms. The van der Waals surface area contributed by atoms with E-state index in [2.05, 4.69) is 20.4 Å². The predicted octanol–water partition coefficient (Wildman–Crippen LogP) is 3.63. The number of alkyl halides is 3. The number of benzene rings is 1. The lowest BCUT2D eigenvalue weighted by Gasteiger charge is -2.20. The van der Waals surface area contributed by atoms with E-state index in [1.165, 1.54) is 35.9 Å². The normalized spacial score (nSPS) is 16.8. The highest BCUT2D eigenvalue weighted by Gasteiger charge is 2.41. The summed E-state index contributed by atoms with van der Waals surface area (Å²) in [6, 6.07) is 0.755. The first-order chi connectivity index (χ1) is 16.7. The highest BCUT2D eigenvalue weighted by Crippen LogP contribution is 2.41. The topological polar surface area (TPSA) is 140 Å². The Kier molecular flexibility index (Phi) is 7.88. The molecule has 1 aliphatic rings. The number of halogens is 4. The van der Waals surface area contributed by atoms with Crippen molar-refractivity contribution in [2.75, 3.05) is 11.9 Å². The van der Waals surface area contributed by atoms with E-state index in [1.807, 2.05) is 0 Å². The van der Waals surface area contributed by atoms with E-state index in [4.69, 9.17) is 11.6 Å². The Bertz CT molecular complexity index is 1310. The number of nitrogens with one attached hydrogen (secondary N) is 2. The summed E-state index contributed by atoms with van der Waals surface area (Å²) in [7, 11) is -2.64. The van der Waals surface area contributed by atoms with Crippen LogP contribution in [0, 0.1) is 0 Å². The van der Waals surface area contributed by atoms with Crippen molar-refractivity contribution in [2.24, 2.45) is 7.05 Å². The number of ether oxygens (including phenoxy) is 1. The summed E-state index contributed by atoms with van der Waals surface area (Å²) in [6.45, 7) is 0.711. The van der Waals surface area contributed by atoms with Crippen LogP contribution in [0.2, 0.25) is 5.02 Å². The van der Waals surface area contributed by atoms with Crippen LogP contribution in [0.3, 0.4) is 0 Å². The van der Waals surface area contributed by atoms with Crippen LogP contribution in [-0.4, -0.2) is 53.9 Å². The average Bonchev–Trinajstić information content (AvgIpc) is 3.41. The molecule has 15 heteroatoms. The van der Waals surface area contributed by atoms with Crippen LogP contribution in [0.4, 0.5) is 23.7 Å². The van der Waals surface area contributed by atoms with Gasteiger partial charge >= 0.3 is 18.2 Å². The zero-order valence-electron chi connectivity index (χ0n) is 19.0. The number of aromatic nitrogens is 2. The van der Waals surface area contributed by atoms with Crippen molar-refractivity contribution in [1.29, 1.82) is 0 Å². The number of aryl methyl sites for hydroxylation is 1. The minimum absolute atomic E-state index is 0.202. The van der Waals surface area contributed by atoms with Gasteiger partial charge in [-0.05, 0) is 37.5 Å². The van der Waals surface area contributed by atoms with Gasteiger partial charge in [0.15, 0.2) is 15.6 Å². The molecule has 1 aromatic heterocycles. The van der Waals surface area contributed by atoms with Crippen LogP contribution < -0.4 is 10.6 Å². The highest BCUT2D eigenvalue weighted by atomic mass is 35.5. The predicted molar refractivity (Wildman–Crippen MR) is 122 cm³/mol. The summed E-state index contributed by atoms with van der Waals surface area (Å²) in [5, 5.41) is 14.0. The van der Waals surface area contributed by atoms with Gasteiger partial charge in [-0.25, -0.2) is 23.0 Å². The highest BCUT2D eigenvalue weighted by molar-refractivity contribution is 7.91. The molecule has 0 aliphatic heterocycles. The van der Waals surface area contributed by atoms with E-state index in [-0.39, 0.29) is 22.1 Å². The van der Waals surface area contributed by atoms with Gasteiger partial charge in [0, 0.05) is 19.4 Å². The summed E-state index contributed by atoms with van der Waals surface area (Å²) in [6.07, 6.45) is 0.126. The molecule has 3 N–H and O–H groups in total.